The molecule has 0 aliphatic heterocycles. The van der Waals surface area contributed by atoms with Crippen molar-refractivity contribution < 1.29 is 4.79 Å². The SMILES string of the molecule is C=C(C)NC(=O)NCCCN(C)C. The Balaban J connectivity index is 3.32. The zero-order valence-electron chi connectivity index (χ0n) is 8.68. The van der Waals surface area contributed by atoms with Crippen LogP contribution in [0.5, 0.6) is 0 Å². The lowest BCUT2D eigenvalue weighted by Crippen LogP contribution is -2.35. The summed E-state index contributed by atoms with van der Waals surface area (Å²) in [7, 11) is 4.02. The fourth-order valence-corrected chi connectivity index (χ4v) is 0.835. The van der Waals surface area contributed by atoms with Gasteiger partial charge in [-0.2, -0.15) is 0 Å². The van der Waals surface area contributed by atoms with Crippen LogP contribution in [0.3, 0.4) is 0 Å². The van der Waals surface area contributed by atoms with Gasteiger partial charge in [-0.05, 0) is 34.0 Å². The molecule has 0 fully saturated rings. The minimum absolute atomic E-state index is 0.175. The summed E-state index contributed by atoms with van der Waals surface area (Å²) in [5.41, 5.74) is 0.658. The van der Waals surface area contributed by atoms with E-state index < -0.39 is 0 Å². The van der Waals surface area contributed by atoms with Crippen LogP contribution >= 0.6 is 0 Å². The lowest BCUT2D eigenvalue weighted by molar-refractivity contribution is 0.242. The van der Waals surface area contributed by atoms with E-state index >= 15 is 0 Å². The molecule has 4 nitrogen and oxygen atoms in total. The minimum Gasteiger partial charge on any atom is -0.338 e. The van der Waals surface area contributed by atoms with Crippen LogP contribution < -0.4 is 10.6 Å². The van der Waals surface area contributed by atoms with E-state index in [0.29, 0.717) is 12.2 Å². The Morgan fingerprint density at radius 1 is 1.46 bits per heavy atom. The average molecular weight is 185 g/mol. The molecule has 0 aromatic heterocycles. The first kappa shape index (κ1) is 12.0. The largest absolute Gasteiger partial charge is 0.338 e. The molecule has 0 saturated heterocycles. The third-order valence-electron chi connectivity index (χ3n) is 1.39. The molecule has 0 aromatic carbocycles. The lowest BCUT2D eigenvalue weighted by atomic mass is 10.4. The van der Waals surface area contributed by atoms with Crippen molar-refractivity contribution in [2.24, 2.45) is 0 Å². The first-order valence-corrected chi connectivity index (χ1v) is 4.37. The normalized spacial score (nSPS) is 9.85. The molecule has 13 heavy (non-hydrogen) atoms. The standard InChI is InChI=1S/C9H19N3O/c1-8(2)11-9(13)10-6-5-7-12(3)4/h1,5-7H2,2-4H3,(H2,10,11,13). The second-order valence-corrected chi connectivity index (χ2v) is 3.32. The second-order valence-electron chi connectivity index (χ2n) is 3.32. The maximum Gasteiger partial charge on any atom is 0.318 e. The predicted molar refractivity (Wildman–Crippen MR) is 54.5 cm³/mol. The quantitative estimate of drug-likeness (QED) is 0.621. The summed E-state index contributed by atoms with van der Waals surface area (Å²) in [4.78, 5) is 13.1. The van der Waals surface area contributed by atoms with Crippen LogP contribution in [0.15, 0.2) is 12.3 Å². The molecule has 0 spiro atoms. The molecule has 2 amide bonds. The van der Waals surface area contributed by atoms with Gasteiger partial charge in [-0.1, -0.05) is 6.58 Å². The highest BCUT2D eigenvalue weighted by Gasteiger charge is 1.97. The molecule has 0 aliphatic rings. The van der Waals surface area contributed by atoms with Crippen molar-refractivity contribution in [2.45, 2.75) is 13.3 Å². The van der Waals surface area contributed by atoms with Gasteiger partial charge in [0.2, 0.25) is 0 Å². The Labute approximate surface area is 80.0 Å². The number of nitrogens with zero attached hydrogens (tertiary/aromatic N) is 1. The molecule has 0 radical (unpaired) electrons. The van der Waals surface area contributed by atoms with Crippen molar-refractivity contribution in [1.29, 1.82) is 0 Å². The summed E-state index contributed by atoms with van der Waals surface area (Å²) < 4.78 is 0. The van der Waals surface area contributed by atoms with E-state index in [2.05, 4.69) is 22.1 Å². The van der Waals surface area contributed by atoms with Gasteiger partial charge >= 0.3 is 6.03 Å². The fraction of sp³-hybridized carbons (Fsp3) is 0.667. The third-order valence-corrected chi connectivity index (χ3v) is 1.39. The topological polar surface area (TPSA) is 44.4 Å². The van der Waals surface area contributed by atoms with Crippen molar-refractivity contribution in [3.05, 3.63) is 12.3 Å². The molecule has 0 rings (SSSR count). The maximum absolute atomic E-state index is 11.0. The van der Waals surface area contributed by atoms with Gasteiger partial charge in [-0.15, -0.1) is 0 Å². The molecule has 0 aromatic rings. The molecule has 2 N–H and O–H groups in total. The molecule has 0 atom stereocenters. The van der Waals surface area contributed by atoms with Crippen LogP contribution in [0.4, 0.5) is 4.79 Å². The van der Waals surface area contributed by atoms with Gasteiger partial charge in [-0.3, -0.25) is 0 Å². The van der Waals surface area contributed by atoms with Gasteiger partial charge in [0.05, 0.1) is 0 Å². The predicted octanol–water partition coefficient (Wildman–Crippen LogP) is 0.771. The van der Waals surface area contributed by atoms with Gasteiger partial charge in [0.1, 0.15) is 0 Å². The Bertz CT molecular complexity index is 178. The summed E-state index contributed by atoms with van der Waals surface area (Å²) in [6.45, 7) is 6.99. The van der Waals surface area contributed by atoms with Crippen molar-refractivity contribution in [2.75, 3.05) is 27.2 Å². The number of amides is 2. The average Bonchev–Trinajstić information content (AvgIpc) is 1.96. The van der Waals surface area contributed by atoms with Gasteiger partial charge in [0, 0.05) is 12.2 Å². The molecular formula is C9H19N3O. The Kier molecular flexibility index (Phi) is 5.97. The zero-order valence-corrected chi connectivity index (χ0v) is 8.68. The lowest BCUT2D eigenvalue weighted by Gasteiger charge is -2.10. The number of nitrogens with one attached hydrogen (secondary N) is 2. The number of hydrogen-bond donors (Lipinski definition) is 2. The monoisotopic (exact) mass is 185 g/mol. The van der Waals surface area contributed by atoms with E-state index in [-0.39, 0.29) is 6.03 Å². The van der Waals surface area contributed by atoms with E-state index in [1.165, 1.54) is 0 Å². The molecule has 4 heteroatoms. The molecular weight excluding hydrogens is 166 g/mol. The molecule has 76 valence electrons. The number of urea groups is 1. The highest BCUT2D eigenvalue weighted by atomic mass is 16.2. The number of allylic oxidation sites excluding steroid dienone is 1. The summed E-state index contributed by atoms with van der Waals surface area (Å²) in [6.07, 6.45) is 0.955. The van der Waals surface area contributed by atoms with Crippen molar-refractivity contribution in [3.63, 3.8) is 0 Å². The smallest absolute Gasteiger partial charge is 0.318 e. The second kappa shape index (κ2) is 6.48. The Morgan fingerprint density at radius 2 is 2.08 bits per heavy atom. The van der Waals surface area contributed by atoms with Gasteiger partial charge in [-0.25, -0.2) is 4.79 Å². The molecule has 0 saturated carbocycles. The van der Waals surface area contributed by atoms with E-state index in [1.807, 2.05) is 14.1 Å². The van der Waals surface area contributed by atoms with E-state index in [0.717, 1.165) is 13.0 Å². The molecule has 0 bridgehead atoms. The van der Waals surface area contributed by atoms with Gasteiger partial charge < -0.3 is 15.5 Å². The summed E-state index contributed by atoms with van der Waals surface area (Å²) in [5, 5.41) is 5.30. The van der Waals surface area contributed by atoms with E-state index in [1.54, 1.807) is 6.92 Å². The van der Waals surface area contributed by atoms with Gasteiger partial charge in [0.25, 0.3) is 0 Å². The molecule has 0 heterocycles. The number of carbonyl (C=O) groups is 1. The number of rotatable bonds is 5. The van der Waals surface area contributed by atoms with Crippen LogP contribution in [0.2, 0.25) is 0 Å². The van der Waals surface area contributed by atoms with Crippen molar-refractivity contribution in [1.82, 2.24) is 15.5 Å². The van der Waals surface area contributed by atoms with E-state index in [4.69, 9.17) is 0 Å². The van der Waals surface area contributed by atoms with E-state index in [9.17, 15) is 4.79 Å². The Morgan fingerprint density at radius 3 is 2.54 bits per heavy atom. The van der Waals surface area contributed by atoms with Crippen LogP contribution in [-0.2, 0) is 0 Å². The Hall–Kier alpha value is -1.03. The number of hydrogen-bond acceptors (Lipinski definition) is 2. The first-order valence-electron chi connectivity index (χ1n) is 4.37. The van der Waals surface area contributed by atoms with Crippen LogP contribution in [-0.4, -0.2) is 38.1 Å². The molecule has 0 aliphatic carbocycles. The highest BCUT2D eigenvalue weighted by molar-refractivity contribution is 5.75. The van der Waals surface area contributed by atoms with Crippen LogP contribution in [0, 0.1) is 0 Å². The summed E-state index contributed by atoms with van der Waals surface area (Å²) in [5.74, 6) is 0. The third kappa shape index (κ3) is 8.88. The van der Waals surface area contributed by atoms with Crippen molar-refractivity contribution in [3.8, 4) is 0 Å². The fourth-order valence-electron chi connectivity index (χ4n) is 0.835. The zero-order chi connectivity index (χ0) is 10.3. The van der Waals surface area contributed by atoms with Gasteiger partial charge in [0.15, 0.2) is 0 Å². The summed E-state index contributed by atoms with van der Waals surface area (Å²) in [6, 6.07) is -0.175. The first-order chi connectivity index (χ1) is 6.02. The number of carbonyl (C=O) groups excluding carboxylic acids is 1. The summed E-state index contributed by atoms with van der Waals surface area (Å²) >= 11 is 0. The minimum atomic E-state index is -0.175. The van der Waals surface area contributed by atoms with Crippen LogP contribution in [0.1, 0.15) is 13.3 Å². The van der Waals surface area contributed by atoms with Crippen molar-refractivity contribution >= 4 is 6.03 Å². The highest BCUT2D eigenvalue weighted by Crippen LogP contribution is 1.82. The van der Waals surface area contributed by atoms with Crippen LogP contribution in [0.25, 0.3) is 0 Å². The maximum atomic E-state index is 11.0. The molecule has 0 unspecified atom stereocenters.